The van der Waals surface area contributed by atoms with Gasteiger partial charge in [0, 0.05) is 34.1 Å². The Morgan fingerprint density at radius 1 is 0.950 bits per heavy atom. The van der Waals surface area contributed by atoms with Crippen molar-refractivity contribution in [2.24, 2.45) is 0 Å². The van der Waals surface area contributed by atoms with Crippen LogP contribution in [0.1, 0.15) is 32.6 Å². The largest absolute Gasteiger partial charge is 0.347 e. The van der Waals surface area contributed by atoms with Crippen LogP contribution < -0.4 is 0 Å². The molecular weight excluding hydrogens is 258 g/mol. The number of hydrogen-bond acceptors (Lipinski definition) is 3. The third-order valence-electron chi connectivity index (χ3n) is 4.20. The maximum Gasteiger partial charge on any atom is 0.246 e. The number of carbonyl (C=O) groups is 3. The molecule has 2 aliphatic rings. The van der Waals surface area contributed by atoms with Gasteiger partial charge in [0.2, 0.25) is 17.7 Å². The van der Waals surface area contributed by atoms with Gasteiger partial charge in [-0.2, -0.15) is 0 Å². The Balaban J connectivity index is 2.11. The molecule has 3 amide bonds. The molecule has 2 heterocycles. The molecule has 20 heavy (non-hydrogen) atoms. The van der Waals surface area contributed by atoms with Crippen molar-refractivity contribution in [3.63, 3.8) is 0 Å². The number of hydrogen-bond donors (Lipinski definition) is 0. The van der Waals surface area contributed by atoms with Gasteiger partial charge in [-0.05, 0) is 25.7 Å². The number of carbonyl (C=O) groups excluding carboxylic acids is 3. The molecule has 6 nitrogen and oxygen atoms in total. The Hall–Kier alpha value is -1.59. The molecule has 2 aliphatic heterocycles. The van der Waals surface area contributed by atoms with Gasteiger partial charge in [0.1, 0.15) is 12.1 Å². The van der Waals surface area contributed by atoms with Crippen LogP contribution >= 0.6 is 0 Å². The topological polar surface area (TPSA) is 60.9 Å². The van der Waals surface area contributed by atoms with Crippen LogP contribution in [-0.4, -0.2) is 71.7 Å². The SMILES string of the molecule is CC(=O)N1CCC[C@H]1C(=O)N1CCC[C@H]1C(=O)N(C)C. The van der Waals surface area contributed by atoms with Gasteiger partial charge in [-0.1, -0.05) is 0 Å². The van der Waals surface area contributed by atoms with Gasteiger partial charge < -0.3 is 14.7 Å². The number of amides is 3. The summed E-state index contributed by atoms with van der Waals surface area (Å²) >= 11 is 0. The van der Waals surface area contributed by atoms with Crippen LogP contribution in [0.4, 0.5) is 0 Å². The summed E-state index contributed by atoms with van der Waals surface area (Å²) in [4.78, 5) is 41.2. The molecule has 2 atom stereocenters. The van der Waals surface area contributed by atoms with Crippen molar-refractivity contribution in [3.05, 3.63) is 0 Å². The molecule has 2 fully saturated rings. The van der Waals surface area contributed by atoms with E-state index >= 15 is 0 Å². The fraction of sp³-hybridized carbons (Fsp3) is 0.786. The molecule has 0 N–H and O–H groups in total. The van der Waals surface area contributed by atoms with Gasteiger partial charge in [0.15, 0.2) is 0 Å². The van der Waals surface area contributed by atoms with Crippen LogP contribution in [0.15, 0.2) is 0 Å². The van der Waals surface area contributed by atoms with E-state index < -0.39 is 0 Å². The Kier molecular flexibility index (Phi) is 4.30. The van der Waals surface area contributed by atoms with E-state index in [4.69, 9.17) is 0 Å². The van der Waals surface area contributed by atoms with Gasteiger partial charge >= 0.3 is 0 Å². The lowest BCUT2D eigenvalue weighted by Gasteiger charge is -2.31. The number of nitrogens with zero attached hydrogens (tertiary/aromatic N) is 3. The fourth-order valence-electron chi connectivity index (χ4n) is 3.18. The van der Waals surface area contributed by atoms with E-state index in [1.54, 1.807) is 23.9 Å². The highest BCUT2D eigenvalue weighted by atomic mass is 16.2. The molecule has 0 unspecified atom stereocenters. The first-order valence-corrected chi connectivity index (χ1v) is 7.22. The molecule has 0 aromatic carbocycles. The summed E-state index contributed by atoms with van der Waals surface area (Å²) in [6, 6.07) is -0.727. The first kappa shape index (κ1) is 14.8. The van der Waals surface area contributed by atoms with Crippen LogP contribution in [-0.2, 0) is 14.4 Å². The summed E-state index contributed by atoms with van der Waals surface area (Å²) in [7, 11) is 3.42. The molecule has 0 saturated carbocycles. The predicted octanol–water partition coefficient (Wildman–Crippen LogP) is 0.0765. The van der Waals surface area contributed by atoms with Crippen molar-refractivity contribution in [1.29, 1.82) is 0 Å². The lowest BCUT2D eigenvalue weighted by atomic mass is 10.1. The molecular formula is C14H23N3O3. The monoisotopic (exact) mass is 281 g/mol. The van der Waals surface area contributed by atoms with E-state index in [0.717, 1.165) is 19.3 Å². The standard InChI is InChI=1S/C14H23N3O3/c1-10(18)16-8-4-7-12(16)14(20)17-9-5-6-11(17)13(19)15(2)3/h11-12H,4-9H2,1-3H3/t11-,12-/m0/s1. The Labute approximate surface area is 119 Å². The van der Waals surface area contributed by atoms with Gasteiger partial charge in [-0.3, -0.25) is 14.4 Å². The number of rotatable bonds is 2. The van der Waals surface area contributed by atoms with Gasteiger partial charge in [0.25, 0.3) is 0 Å². The Bertz CT molecular complexity index is 422. The average molecular weight is 281 g/mol. The van der Waals surface area contributed by atoms with Crippen LogP contribution in [0.5, 0.6) is 0 Å². The second-order valence-corrected chi connectivity index (χ2v) is 5.79. The van der Waals surface area contributed by atoms with Crippen LogP contribution in [0.2, 0.25) is 0 Å². The quantitative estimate of drug-likeness (QED) is 0.720. The summed E-state index contributed by atoms with van der Waals surface area (Å²) < 4.78 is 0. The van der Waals surface area contributed by atoms with Crippen molar-refractivity contribution in [2.45, 2.75) is 44.7 Å². The summed E-state index contributed by atoms with van der Waals surface area (Å²) in [6.45, 7) is 2.76. The molecule has 6 heteroatoms. The van der Waals surface area contributed by atoms with Crippen LogP contribution in [0.25, 0.3) is 0 Å². The fourth-order valence-corrected chi connectivity index (χ4v) is 3.18. The highest BCUT2D eigenvalue weighted by Crippen LogP contribution is 2.25. The normalized spacial score (nSPS) is 25.9. The third-order valence-corrected chi connectivity index (χ3v) is 4.20. The second kappa shape index (κ2) is 5.81. The molecule has 2 rings (SSSR count). The average Bonchev–Trinajstić information content (AvgIpc) is 3.05. The lowest BCUT2D eigenvalue weighted by molar-refractivity contribution is -0.147. The minimum absolute atomic E-state index is 0.0248. The molecule has 0 spiro atoms. The van der Waals surface area contributed by atoms with Gasteiger partial charge in [-0.15, -0.1) is 0 Å². The van der Waals surface area contributed by atoms with Crippen molar-refractivity contribution in [1.82, 2.24) is 14.7 Å². The van der Waals surface area contributed by atoms with Gasteiger partial charge in [-0.25, -0.2) is 0 Å². The molecule has 0 aliphatic carbocycles. The van der Waals surface area contributed by atoms with Crippen molar-refractivity contribution in [3.8, 4) is 0 Å². The molecule has 0 bridgehead atoms. The second-order valence-electron chi connectivity index (χ2n) is 5.79. The molecule has 2 saturated heterocycles. The van der Waals surface area contributed by atoms with Crippen LogP contribution in [0.3, 0.4) is 0 Å². The number of likely N-dealkylation sites (N-methyl/N-ethyl adjacent to an activating group) is 1. The van der Waals surface area contributed by atoms with E-state index in [9.17, 15) is 14.4 Å². The minimum Gasteiger partial charge on any atom is -0.347 e. The van der Waals surface area contributed by atoms with E-state index in [1.807, 2.05) is 0 Å². The summed E-state index contributed by atoms with van der Waals surface area (Å²) in [5.74, 6) is -0.144. The zero-order valence-electron chi connectivity index (χ0n) is 12.5. The summed E-state index contributed by atoms with van der Waals surface area (Å²) in [6.07, 6.45) is 3.13. The highest BCUT2D eigenvalue weighted by Gasteiger charge is 2.41. The molecule has 0 radical (unpaired) electrons. The first-order valence-electron chi connectivity index (χ1n) is 7.22. The Morgan fingerprint density at radius 3 is 2.05 bits per heavy atom. The highest BCUT2D eigenvalue weighted by molar-refractivity contribution is 5.92. The molecule has 0 aromatic heterocycles. The van der Waals surface area contributed by atoms with E-state index in [0.29, 0.717) is 19.5 Å². The minimum atomic E-state index is -0.372. The predicted molar refractivity (Wildman–Crippen MR) is 73.8 cm³/mol. The van der Waals surface area contributed by atoms with Gasteiger partial charge in [0.05, 0.1) is 0 Å². The lowest BCUT2D eigenvalue weighted by Crippen LogP contribution is -2.52. The first-order chi connectivity index (χ1) is 9.43. The summed E-state index contributed by atoms with van der Waals surface area (Å²) in [5.41, 5.74) is 0. The van der Waals surface area contributed by atoms with Crippen LogP contribution in [0, 0.1) is 0 Å². The Morgan fingerprint density at radius 2 is 1.50 bits per heavy atom. The molecule has 112 valence electrons. The number of likely N-dealkylation sites (tertiary alicyclic amines) is 2. The molecule has 0 aromatic rings. The van der Waals surface area contributed by atoms with E-state index in [1.165, 1.54) is 11.8 Å². The van der Waals surface area contributed by atoms with Crippen molar-refractivity contribution >= 4 is 17.7 Å². The maximum absolute atomic E-state index is 12.7. The van der Waals surface area contributed by atoms with E-state index in [-0.39, 0.29) is 29.8 Å². The van der Waals surface area contributed by atoms with Crippen molar-refractivity contribution < 1.29 is 14.4 Å². The summed E-state index contributed by atoms with van der Waals surface area (Å²) in [5, 5.41) is 0. The third kappa shape index (κ3) is 2.64. The zero-order valence-corrected chi connectivity index (χ0v) is 12.5. The maximum atomic E-state index is 12.7. The van der Waals surface area contributed by atoms with E-state index in [2.05, 4.69) is 0 Å². The van der Waals surface area contributed by atoms with Crippen molar-refractivity contribution in [2.75, 3.05) is 27.2 Å². The zero-order chi connectivity index (χ0) is 14.9. The smallest absolute Gasteiger partial charge is 0.246 e.